The number of hydrogen-bond acceptors (Lipinski definition) is 6. The lowest BCUT2D eigenvalue weighted by Crippen LogP contribution is -2.32. The maximum Gasteiger partial charge on any atom is 0.220 e. The normalized spacial score (nSPS) is 16.9. The number of aryl methyl sites for hydroxylation is 2. The molecule has 7 nitrogen and oxygen atoms in total. The Labute approximate surface area is 136 Å². The molecule has 124 valence electrons. The molecule has 0 saturated heterocycles. The lowest BCUT2D eigenvalue weighted by molar-refractivity contribution is 0.157. The zero-order chi connectivity index (χ0) is 16.6. The van der Waals surface area contributed by atoms with Gasteiger partial charge in [-0.1, -0.05) is 0 Å². The lowest BCUT2D eigenvalue weighted by Gasteiger charge is -2.21. The van der Waals surface area contributed by atoms with Crippen LogP contribution in [0, 0.1) is 13.8 Å². The standard InChI is InChI=1S/C16H24N6O/c1-10(2)22-9-17-20-15(22)8-21(5)7-13-6-14-11(3)18-12(4)19-16(14)23-13/h9-10,13H,6-8H2,1-5H3/t13-/m1/s1. The summed E-state index contributed by atoms with van der Waals surface area (Å²) in [6.07, 6.45) is 2.76. The largest absolute Gasteiger partial charge is 0.472 e. The van der Waals surface area contributed by atoms with Crippen LogP contribution in [0.4, 0.5) is 0 Å². The molecular formula is C16H24N6O. The number of fused-ring (bicyclic) bond motifs is 1. The Kier molecular flexibility index (Phi) is 4.30. The van der Waals surface area contributed by atoms with E-state index in [1.807, 2.05) is 13.8 Å². The Morgan fingerprint density at radius 1 is 1.35 bits per heavy atom. The predicted octanol–water partition coefficient (Wildman–Crippen LogP) is 1.70. The fourth-order valence-corrected chi connectivity index (χ4v) is 3.03. The number of likely N-dealkylation sites (N-methyl/N-ethyl adjacent to an activating group) is 1. The number of aromatic nitrogens is 5. The van der Waals surface area contributed by atoms with Crippen molar-refractivity contribution >= 4 is 0 Å². The maximum absolute atomic E-state index is 6.00. The SMILES string of the molecule is Cc1nc(C)c2c(n1)O[C@@H](CN(C)Cc1nncn1C(C)C)C2. The minimum absolute atomic E-state index is 0.111. The van der Waals surface area contributed by atoms with Crippen molar-refractivity contribution in [2.24, 2.45) is 0 Å². The van der Waals surface area contributed by atoms with E-state index in [1.54, 1.807) is 6.33 Å². The van der Waals surface area contributed by atoms with Gasteiger partial charge in [-0.15, -0.1) is 10.2 Å². The molecular weight excluding hydrogens is 292 g/mol. The number of hydrogen-bond donors (Lipinski definition) is 0. The van der Waals surface area contributed by atoms with E-state index >= 15 is 0 Å². The molecule has 0 aromatic carbocycles. The van der Waals surface area contributed by atoms with Crippen molar-refractivity contribution in [3.8, 4) is 5.88 Å². The molecule has 2 aromatic heterocycles. The Morgan fingerprint density at radius 3 is 2.87 bits per heavy atom. The molecule has 23 heavy (non-hydrogen) atoms. The van der Waals surface area contributed by atoms with Crippen molar-refractivity contribution in [2.45, 2.75) is 52.8 Å². The first-order valence-electron chi connectivity index (χ1n) is 8.01. The summed E-state index contributed by atoms with van der Waals surface area (Å²) in [6.45, 7) is 9.75. The van der Waals surface area contributed by atoms with Crippen molar-refractivity contribution in [1.82, 2.24) is 29.6 Å². The van der Waals surface area contributed by atoms with Crippen LogP contribution in [-0.2, 0) is 13.0 Å². The van der Waals surface area contributed by atoms with E-state index in [2.05, 4.69) is 50.5 Å². The zero-order valence-corrected chi connectivity index (χ0v) is 14.4. The highest BCUT2D eigenvalue weighted by Gasteiger charge is 2.28. The molecule has 1 atom stereocenters. The molecule has 3 heterocycles. The molecule has 0 N–H and O–H groups in total. The Hall–Kier alpha value is -2.02. The maximum atomic E-state index is 6.00. The van der Waals surface area contributed by atoms with Gasteiger partial charge in [-0.05, 0) is 34.7 Å². The van der Waals surface area contributed by atoms with Gasteiger partial charge < -0.3 is 9.30 Å². The summed E-state index contributed by atoms with van der Waals surface area (Å²) < 4.78 is 8.10. The first-order valence-corrected chi connectivity index (χ1v) is 8.01. The van der Waals surface area contributed by atoms with Gasteiger partial charge in [0.15, 0.2) is 0 Å². The quantitative estimate of drug-likeness (QED) is 0.836. The van der Waals surface area contributed by atoms with Gasteiger partial charge in [0.1, 0.15) is 24.1 Å². The lowest BCUT2D eigenvalue weighted by atomic mass is 10.1. The molecule has 0 fully saturated rings. The second kappa shape index (κ2) is 6.23. The highest BCUT2D eigenvalue weighted by molar-refractivity contribution is 5.34. The van der Waals surface area contributed by atoms with Crippen LogP contribution < -0.4 is 4.74 Å². The summed E-state index contributed by atoms with van der Waals surface area (Å²) in [6, 6.07) is 0.362. The van der Waals surface area contributed by atoms with Gasteiger partial charge in [-0.2, -0.15) is 4.98 Å². The third-order valence-electron chi connectivity index (χ3n) is 4.13. The van der Waals surface area contributed by atoms with Gasteiger partial charge in [0.05, 0.1) is 6.54 Å². The number of rotatable bonds is 5. The molecule has 7 heteroatoms. The van der Waals surface area contributed by atoms with E-state index in [1.165, 1.54) is 0 Å². The topological polar surface area (TPSA) is 69.0 Å². The first-order chi connectivity index (χ1) is 10.9. The van der Waals surface area contributed by atoms with Gasteiger partial charge in [0, 0.05) is 30.3 Å². The molecule has 0 bridgehead atoms. The second-order valence-corrected chi connectivity index (χ2v) is 6.53. The second-order valence-electron chi connectivity index (χ2n) is 6.53. The van der Waals surface area contributed by atoms with Crippen molar-refractivity contribution in [2.75, 3.05) is 13.6 Å². The summed E-state index contributed by atoms with van der Waals surface area (Å²) in [7, 11) is 2.08. The fraction of sp³-hybridized carbons (Fsp3) is 0.625. The third-order valence-corrected chi connectivity index (χ3v) is 4.13. The van der Waals surface area contributed by atoms with E-state index in [0.29, 0.717) is 6.04 Å². The van der Waals surface area contributed by atoms with Crippen LogP contribution in [0.3, 0.4) is 0 Å². The van der Waals surface area contributed by atoms with E-state index < -0.39 is 0 Å². The van der Waals surface area contributed by atoms with Gasteiger partial charge in [-0.3, -0.25) is 4.90 Å². The van der Waals surface area contributed by atoms with E-state index in [4.69, 9.17) is 4.74 Å². The molecule has 1 aliphatic rings. The van der Waals surface area contributed by atoms with Crippen LogP contribution in [0.25, 0.3) is 0 Å². The summed E-state index contributed by atoms with van der Waals surface area (Å²) >= 11 is 0. The molecule has 0 spiro atoms. The zero-order valence-electron chi connectivity index (χ0n) is 14.4. The van der Waals surface area contributed by atoms with Crippen molar-refractivity contribution < 1.29 is 4.74 Å². The van der Waals surface area contributed by atoms with Crippen LogP contribution in [0.1, 0.15) is 42.8 Å². The molecule has 0 saturated carbocycles. The van der Waals surface area contributed by atoms with Gasteiger partial charge in [0.25, 0.3) is 0 Å². The molecule has 0 amide bonds. The minimum atomic E-state index is 0.111. The van der Waals surface area contributed by atoms with Crippen LogP contribution in [0.2, 0.25) is 0 Å². The van der Waals surface area contributed by atoms with Crippen LogP contribution in [0.15, 0.2) is 6.33 Å². The molecule has 3 rings (SSSR count). The Morgan fingerprint density at radius 2 is 2.13 bits per heavy atom. The Balaban J connectivity index is 1.63. The summed E-state index contributed by atoms with van der Waals surface area (Å²) in [4.78, 5) is 11.0. The monoisotopic (exact) mass is 316 g/mol. The number of nitrogens with zero attached hydrogens (tertiary/aromatic N) is 6. The highest BCUT2D eigenvalue weighted by atomic mass is 16.5. The average Bonchev–Trinajstić information content (AvgIpc) is 3.05. The van der Waals surface area contributed by atoms with Gasteiger partial charge in [0.2, 0.25) is 5.88 Å². The van der Waals surface area contributed by atoms with Crippen LogP contribution >= 0.6 is 0 Å². The predicted molar refractivity (Wildman–Crippen MR) is 86.4 cm³/mol. The summed E-state index contributed by atoms with van der Waals surface area (Å²) in [5.41, 5.74) is 2.16. The molecule has 2 aromatic rings. The first kappa shape index (κ1) is 15.9. The fourth-order valence-electron chi connectivity index (χ4n) is 3.03. The van der Waals surface area contributed by atoms with E-state index in [9.17, 15) is 0 Å². The molecule has 0 radical (unpaired) electrons. The molecule has 1 aliphatic heterocycles. The number of ether oxygens (including phenoxy) is 1. The van der Waals surface area contributed by atoms with E-state index in [0.717, 1.165) is 48.3 Å². The Bertz CT molecular complexity index is 696. The minimum Gasteiger partial charge on any atom is -0.472 e. The van der Waals surface area contributed by atoms with Crippen molar-refractivity contribution in [3.05, 3.63) is 29.2 Å². The molecule has 0 aliphatic carbocycles. The van der Waals surface area contributed by atoms with Crippen molar-refractivity contribution in [1.29, 1.82) is 0 Å². The van der Waals surface area contributed by atoms with E-state index in [-0.39, 0.29) is 6.10 Å². The van der Waals surface area contributed by atoms with Crippen LogP contribution in [-0.4, -0.2) is 49.3 Å². The van der Waals surface area contributed by atoms with Crippen LogP contribution in [0.5, 0.6) is 5.88 Å². The van der Waals surface area contributed by atoms with Crippen molar-refractivity contribution in [3.63, 3.8) is 0 Å². The highest BCUT2D eigenvalue weighted by Crippen LogP contribution is 2.28. The smallest absolute Gasteiger partial charge is 0.220 e. The summed E-state index contributed by atoms with van der Waals surface area (Å²) in [5, 5.41) is 8.24. The summed E-state index contributed by atoms with van der Waals surface area (Å²) in [5.74, 6) is 2.49. The van der Waals surface area contributed by atoms with Gasteiger partial charge >= 0.3 is 0 Å². The third kappa shape index (κ3) is 3.34. The van der Waals surface area contributed by atoms with Gasteiger partial charge in [-0.25, -0.2) is 4.98 Å². The average molecular weight is 316 g/mol. The molecule has 0 unspecified atom stereocenters.